The number of likely N-dealkylation sites (tertiary alicyclic amines) is 1. The molecule has 0 radical (unpaired) electrons. The quantitative estimate of drug-likeness (QED) is 0.161. The number of methoxy groups -OCH3 is 1. The number of nitro groups is 1. The van der Waals surface area contributed by atoms with E-state index >= 15 is 0 Å². The number of piperidine rings is 1. The van der Waals surface area contributed by atoms with Crippen LogP contribution in [-0.4, -0.2) is 66.1 Å². The number of nitro benzene ring substituents is 1. The molecule has 0 N–H and O–H groups in total. The Morgan fingerprint density at radius 2 is 1.88 bits per heavy atom. The number of hydrogen-bond donors (Lipinski definition) is 0. The summed E-state index contributed by atoms with van der Waals surface area (Å²) in [5.41, 5.74) is 3.24. The van der Waals surface area contributed by atoms with E-state index in [1.807, 2.05) is 6.07 Å². The van der Waals surface area contributed by atoms with Crippen LogP contribution in [0.3, 0.4) is 0 Å². The maximum Gasteiger partial charge on any atom is 0.315 e. The summed E-state index contributed by atoms with van der Waals surface area (Å²) >= 11 is 6.09. The summed E-state index contributed by atoms with van der Waals surface area (Å²) in [5, 5.41) is 11.6. The number of carbonyl (C=O) groups excluding carboxylic acids is 2. The Balaban J connectivity index is 1.53. The first-order valence-electron chi connectivity index (χ1n) is 13.5. The van der Waals surface area contributed by atoms with Gasteiger partial charge in [0.2, 0.25) is 6.41 Å². The third-order valence-corrected chi connectivity index (χ3v) is 8.26. The number of halogens is 1. The van der Waals surface area contributed by atoms with E-state index in [-0.39, 0.29) is 10.7 Å². The van der Waals surface area contributed by atoms with Crippen molar-refractivity contribution in [1.29, 1.82) is 0 Å². The molecule has 4 rings (SSSR count). The molecule has 0 saturated carbocycles. The molecule has 0 aromatic heterocycles. The van der Waals surface area contributed by atoms with Crippen molar-refractivity contribution >= 4 is 35.4 Å². The molecule has 2 atom stereocenters. The fourth-order valence-corrected chi connectivity index (χ4v) is 6.15. The summed E-state index contributed by atoms with van der Waals surface area (Å²) in [5.74, 6) is -1.50. The Bertz CT molecular complexity index is 1300. The summed E-state index contributed by atoms with van der Waals surface area (Å²) in [4.78, 5) is 45.1. The highest BCUT2D eigenvalue weighted by molar-refractivity contribution is 6.32. The van der Waals surface area contributed by atoms with Crippen LogP contribution in [-0.2, 0) is 14.3 Å². The van der Waals surface area contributed by atoms with Crippen LogP contribution in [0.5, 0.6) is 0 Å². The van der Waals surface area contributed by atoms with Crippen LogP contribution in [0.1, 0.15) is 56.1 Å². The van der Waals surface area contributed by atoms with E-state index in [4.69, 9.17) is 16.3 Å². The molecule has 0 spiro atoms. The van der Waals surface area contributed by atoms with Crippen molar-refractivity contribution in [3.63, 3.8) is 0 Å². The first kappa shape index (κ1) is 29.4. The number of amides is 1. The largest absolute Gasteiger partial charge is 0.468 e. The van der Waals surface area contributed by atoms with Gasteiger partial charge in [0.05, 0.1) is 23.4 Å². The minimum atomic E-state index is -0.844. The van der Waals surface area contributed by atoms with Gasteiger partial charge in [0, 0.05) is 24.2 Å². The lowest BCUT2D eigenvalue weighted by Gasteiger charge is -2.37. The average Bonchev–Trinajstić information content (AvgIpc) is 2.96. The summed E-state index contributed by atoms with van der Waals surface area (Å²) in [6.07, 6.45) is 3.67. The number of hydrogen-bond acceptors (Lipinski definition) is 7. The molecule has 10 heteroatoms. The molecule has 9 nitrogen and oxygen atoms in total. The number of nitrogens with zero attached hydrogens (tertiary/aromatic N) is 4. The van der Waals surface area contributed by atoms with Crippen molar-refractivity contribution < 1.29 is 19.2 Å². The Morgan fingerprint density at radius 1 is 1.18 bits per heavy atom. The smallest absolute Gasteiger partial charge is 0.315 e. The van der Waals surface area contributed by atoms with Crippen LogP contribution in [0.2, 0.25) is 5.02 Å². The molecule has 2 heterocycles. The van der Waals surface area contributed by atoms with E-state index in [0.717, 1.165) is 45.3 Å². The zero-order chi connectivity index (χ0) is 28.8. The molecule has 2 aromatic rings. The zero-order valence-corrected chi connectivity index (χ0v) is 23.8. The van der Waals surface area contributed by atoms with Crippen LogP contribution in [0.25, 0.3) is 0 Å². The second kappa shape index (κ2) is 13.2. The lowest BCUT2D eigenvalue weighted by molar-refractivity contribution is -0.384. The van der Waals surface area contributed by atoms with Crippen LogP contribution >= 0.6 is 11.6 Å². The van der Waals surface area contributed by atoms with E-state index in [9.17, 15) is 19.7 Å². The van der Waals surface area contributed by atoms with Gasteiger partial charge in [-0.1, -0.05) is 48.0 Å². The highest BCUT2D eigenvalue weighted by atomic mass is 35.5. The molecule has 0 aliphatic carbocycles. The van der Waals surface area contributed by atoms with E-state index in [2.05, 4.69) is 34.2 Å². The molecule has 2 aliphatic rings. The Labute approximate surface area is 239 Å². The zero-order valence-electron chi connectivity index (χ0n) is 23.1. The highest BCUT2D eigenvalue weighted by Gasteiger charge is 2.41. The van der Waals surface area contributed by atoms with Gasteiger partial charge in [-0.25, -0.2) is 0 Å². The number of ether oxygens (including phenoxy) is 1. The standard InChI is InChI=1S/C30H35ClN4O5/c1-20-27(30(37)40-3)28(24-10-11-25(31)26(18-24)35(38)39)29(21(2)32-20)34(19-36)15-7-14-33-16-12-23(13-17-33)22-8-5-4-6-9-22/h4-6,8-11,18-19,23,27-28H,7,12-17H2,1-3H3. The van der Waals surface area contributed by atoms with Gasteiger partial charge in [-0.2, -0.15) is 0 Å². The van der Waals surface area contributed by atoms with Crippen LogP contribution in [0, 0.1) is 16.0 Å². The summed E-state index contributed by atoms with van der Waals surface area (Å²) in [7, 11) is 1.29. The van der Waals surface area contributed by atoms with Crippen molar-refractivity contribution in [3.05, 3.63) is 86.2 Å². The van der Waals surface area contributed by atoms with Crippen LogP contribution in [0.15, 0.2) is 64.9 Å². The van der Waals surface area contributed by atoms with E-state index < -0.39 is 22.7 Å². The number of rotatable bonds is 10. The van der Waals surface area contributed by atoms with Gasteiger partial charge < -0.3 is 14.5 Å². The maximum absolute atomic E-state index is 13.0. The lowest BCUT2D eigenvalue weighted by atomic mass is 9.78. The fraction of sp³-hybridized carbons (Fsp3) is 0.433. The van der Waals surface area contributed by atoms with Gasteiger partial charge in [-0.15, -0.1) is 0 Å². The minimum Gasteiger partial charge on any atom is -0.468 e. The molecule has 2 aromatic carbocycles. The van der Waals surface area contributed by atoms with Crippen LogP contribution in [0.4, 0.5) is 5.69 Å². The van der Waals surface area contributed by atoms with Gasteiger partial charge in [0.25, 0.3) is 5.69 Å². The first-order chi connectivity index (χ1) is 19.2. The van der Waals surface area contributed by atoms with E-state index in [1.165, 1.54) is 24.8 Å². The average molecular weight is 567 g/mol. The predicted molar refractivity (Wildman–Crippen MR) is 154 cm³/mol. The molecule has 0 bridgehead atoms. The number of esters is 1. The molecule has 2 unspecified atom stereocenters. The third-order valence-electron chi connectivity index (χ3n) is 7.94. The molecule has 1 saturated heterocycles. The van der Waals surface area contributed by atoms with Gasteiger partial charge in [0.1, 0.15) is 10.9 Å². The molecule has 1 amide bonds. The van der Waals surface area contributed by atoms with Gasteiger partial charge in [-0.05, 0) is 75.9 Å². The summed E-state index contributed by atoms with van der Waals surface area (Å²) in [6.45, 7) is 6.75. The van der Waals surface area contributed by atoms with E-state index in [0.29, 0.717) is 35.1 Å². The highest BCUT2D eigenvalue weighted by Crippen LogP contribution is 2.42. The van der Waals surface area contributed by atoms with Crippen molar-refractivity contribution in [2.24, 2.45) is 10.9 Å². The normalized spacial score (nSPS) is 20.1. The second-order valence-corrected chi connectivity index (χ2v) is 10.8. The van der Waals surface area contributed by atoms with E-state index in [1.54, 1.807) is 24.8 Å². The van der Waals surface area contributed by atoms with Crippen molar-refractivity contribution in [1.82, 2.24) is 9.80 Å². The molecular weight excluding hydrogens is 532 g/mol. The van der Waals surface area contributed by atoms with Crippen molar-refractivity contribution in [2.75, 3.05) is 33.3 Å². The minimum absolute atomic E-state index is 0.00454. The van der Waals surface area contributed by atoms with Crippen molar-refractivity contribution in [3.8, 4) is 0 Å². The number of aliphatic imine (C=N–C) groups is 1. The Kier molecular flexibility index (Phi) is 9.71. The molecule has 2 aliphatic heterocycles. The monoisotopic (exact) mass is 566 g/mol. The molecular formula is C30H35ClN4O5. The third kappa shape index (κ3) is 6.42. The van der Waals surface area contributed by atoms with Gasteiger partial charge >= 0.3 is 5.97 Å². The fourth-order valence-electron chi connectivity index (χ4n) is 5.96. The number of benzene rings is 2. The molecule has 1 fully saturated rings. The molecule has 40 heavy (non-hydrogen) atoms. The summed E-state index contributed by atoms with van der Waals surface area (Å²) in [6, 6.07) is 15.1. The topological polar surface area (TPSA) is 105 Å². The maximum atomic E-state index is 13.0. The van der Waals surface area contributed by atoms with Crippen LogP contribution < -0.4 is 0 Å². The lowest BCUT2D eigenvalue weighted by Crippen LogP contribution is -2.40. The predicted octanol–water partition coefficient (Wildman–Crippen LogP) is 5.56. The number of allylic oxidation sites excluding steroid dienone is 2. The Morgan fingerprint density at radius 3 is 2.50 bits per heavy atom. The second-order valence-electron chi connectivity index (χ2n) is 10.3. The SMILES string of the molecule is COC(=O)C1C(C)=NC(C)=C(N(C=O)CCCN2CCC(c3ccccc3)CC2)C1c1ccc(Cl)c([N+](=O)[O-])c1. The molecule has 212 valence electrons. The first-order valence-corrected chi connectivity index (χ1v) is 13.9. The van der Waals surface area contributed by atoms with Gasteiger partial charge in [-0.3, -0.25) is 24.7 Å². The van der Waals surface area contributed by atoms with Crippen molar-refractivity contribution in [2.45, 2.75) is 44.9 Å². The number of carbonyl (C=O) groups is 2. The Hall–Kier alpha value is -3.56. The van der Waals surface area contributed by atoms with Gasteiger partial charge in [0.15, 0.2) is 0 Å². The summed E-state index contributed by atoms with van der Waals surface area (Å²) < 4.78 is 5.10.